The summed E-state index contributed by atoms with van der Waals surface area (Å²) in [5.41, 5.74) is 1.42. The lowest BCUT2D eigenvalue weighted by atomic mass is 10.1. The molecule has 0 fully saturated rings. The fourth-order valence-corrected chi connectivity index (χ4v) is 2.69. The van der Waals surface area contributed by atoms with Crippen molar-refractivity contribution >= 4 is 33.4 Å². The number of halogens is 2. The number of hydrogen-bond donors (Lipinski definition) is 1. The van der Waals surface area contributed by atoms with E-state index in [9.17, 15) is 4.79 Å². The zero-order chi connectivity index (χ0) is 14.9. The molecule has 0 spiro atoms. The smallest absolute Gasteiger partial charge is 0.253 e. The van der Waals surface area contributed by atoms with Gasteiger partial charge in [-0.05, 0) is 54.9 Å². The van der Waals surface area contributed by atoms with E-state index in [1.165, 1.54) is 0 Å². The fraction of sp³-hybridized carbons (Fsp3) is 0.267. The predicted molar refractivity (Wildman–Crippen MR) is 83.2 cm³/mol. The second kappa shape index (κ2) is 6.02. The third-order valence-electron chi connectivity index (χ3n) is 3.09. The first-order chi connectivity index (χ1) is 9.40. The molecule has 106 valence electrons. The molecular weight excluding hydrogens is 342 g/mol. The molecule has 0 bridgehead atoms. The van der Waals surface area contributed by atoms with Crippen LogP contribution in [0.1, 0.15) is 40.4 Å². The number of amides is 1. The Labute approximate surface area is 131 Å². The van der Waals surface area contributed by atoms with Crippen molar-refractivity contribution in [2.45, 2.75) is 26.8 Å². The quantitative estimate of drug-likeness (QED) is 0.858. The van der Waals surface area contributed by atoms with Crippen molar-refractivity contribution < 1.29 is 9.21 Å². The van der Waals surface area contributed by atoms with Crippen molar-refractivity contribution in [2.24, 2.45) is 0 Å². The number of furan rings is 1. The van der Waals surface area contributed by atoms with Crippen LogP contribution in [0.4, 0.5) is 0 Å². The van der Waals surface area contributed by atoms with E-state index in [0.717, 1.165) is 17.1 Å². The van der Waals surface area contributed by atoms with Crippen LogP contribution in [-0.2, 0) is 0 Å². The fourth-order valence-electron chi connectivity index (χ4n) is 2.11. The maximum absolute atomic E-state index is 12.3. The van der Waals surface area contributed by atoms with Gasteiger partial charge in [0.05, 0.1) is 16.6 Å². The van der Waals surface area contributed by atoms with Crippen LogP contribution in [0.15, 0.2) is 33.2 Å². The Bertz CT molecular complexity index is 651. The summed E-state index contributed by atoms with van der Waals surface area (Å²) < 4.78 is 6.18. The highest BCUT2D eigenvalue weighted by Crippen LogP contribution is 2.27. The summed E-state index contributed by atoms with van der Waals surface area (Å²) in [5, 5.41) is 3.34. The zero-order valence-electron chi connectivity index (χ0n) is 11.5. The average molecular weight is 357 g/mol. The molecule has 1 aromatic carbocycles. The van der Waals surface area contributed by atoms with Crippen LogP contribution in [0, 0.1) is 13.8 Å². The van der Waals surface area contributed by atoms with Crippen LogP contribution in [0.2, 0.25) is 5.02 Å². The number of aryl methyl sites for hydroxylation is 2. The number of carbonyl (C=O) groups excluding carboxylic acids is 1. The van der Waals surface area contributed by atoms with Crippen molar-refractivity contribution in [3.05, 3.63) is 56.4 Å². The third kappa shape index (κ3) is 3.07. The molecule has 1 heterocycles. The van der Waals surface area contributed by atoms with Gasteiger partial charge in [0.1, 0.15) is 11.5 Å². The lowest BCUT2D eigenvalue weighted by Gasteiger charge is -2.14. The normalized spacial score (nSPS) is 12.2. The summed E-state index contributed by atoms with van der Waals surface area (Å²) in [6.45, 7) is 5.69. The molecule has 1 atom stereocenters. The second-order valence-electron chi connectivity index (χ2n) is 4.67. The SMILES string of the molecule is Cc1cc(C(C)NC(=O)c2cccc(Br)c2Cl)c(C)o1. The van der Waals surface area contributed by atoms with Crippen LogP contribution < -0.4 is 5.32 Å². The number of nitrogens with one attached hydrogen (secondary N) is 1. The summed E-state index contributed by atoms with van der Waals surface area (Å²) in [7, 11) is 0. The van der Waals surface area contributed by atoms with Crippen molar-refractivity contribution in [2.75, 3.05) is 0 Å². The topological polar surface area (TPSA) is 42.2 Å². The van der Waals surface area contributed by atoms with Crippen molar-refractivity contribution in [1.82, 2.24) is 5.32 Å². The van der Waals surface area contributed by atoms with Crippen LogP contribution >= 0.6 is 27.5 Å². The van der Waals surface area contributed by atoms with E-state index in [1.807, 2.05) is 26.8 Å². The van der Waals surface area contributed by atoms with Gasteiger partial charge in [0.2, 0.25) is 0 Å². The highest BCUT2D eigenvalue weighted by molar-refractivity contribution is 9.10. The Morgan fingerprint density at radius 1 is 1.40 bits per heavy atom. The van der Waals surface area contributed by atoms with Gasteiger partial charge in [-0.2, -0.15) is 0 Å². The Morgan fingerprint density at radius 3 is 2.70 bits per heavy atom. The highest BCUT2D eigenvalue weighted by atomic mass is 79.9. The molecule has 1 unspecified atom stereocenters. The highest BCUT2D eigenvalue weighted by Gasteiger charge is 2.18. The van der Waals surface area contributed by atoms with E-state index in [4.69, 9.17) is 16.0 Å². The predicted octanol–water partition coefficient (Wildman–Crippen LogP) is 4.80. The van der Waals surface area contributed by atoms with E-state index in [1.54, 1.807) is 18.2 Å². The summed E-state index contributed by atoms with van der Waals surface area (Å²) in [6, 6.07) is 7.07. The summed E-state index contributed by atoms with van der Waals surface area (Å²) in [4.78, 5) is 12.3. The van der Waals surface area contributed by atoms with Crippen LogP contribution in [0.5, 0.6) is 0 Å². The van der Waals surface area contributed by atoms with Gasteiger partial charge in [-0.25, -0.2) is 0 Å². The number of rotatable bonds is 3. The van der Waals surface area contributed by atoms with Gasteiger partial charge in [0.25, 0.3) is 5.91 Å². The van der Waals surface area contributed by atoms with Gasteiger partial charge in [-0.3, -0.25) is 4.79 Å². The number of hydrogen-bond acceptors (Lipinski definition) is 2. The first-order valence-corrected chi connectivity index (χ1v) is 7.39. The van der Waals surface area contributed by atoms with Crippen molar-refractivity contribution in [3.8, 4) is 0 Å². The molecule has 0 saturated carbocycles. The first kappa shape index (κ1) is 15.1. The minimum absolute atomic E-state index is 0.144. The molecule has 1 amide bonds. The number of carbonyl (C=O) groups is 1. The molecule has 0 aliphatic rings. The minimum atomic E-state index is -0.206. The standard InChI is InChI=1S/C15H15BrClNO2/c1-8-7-12(10(3)20-8)9(2)18-15(19)11-5-4-6-13(16)14(11)17/h4-7,9H,1-3H3,(H,18,19). The van der Waals surface area contributed by atoms with Gasteiger partial charge in [0, 0.05) is 10.0 Å². The first-order valence-electron chi connectivity index (χ1n) is 6.22. The van der Waals surface area contributed by atoms with E-state index in [0.29, 0.717) is 15.1 Å². The monoisotopic (exact) mass is 355 g/mol. The van der Waals surface area contributed by atoms with Crippen molar-refractivity contribution in [1.29, 1.82) is 0 Å². The minimum Gasteiger partial charge on any atom is -0.466 e. The molecule has 0 aliphatic heterocycles. The largest absolute Gasteiger partial charge is 0.466 e. The Hall–Kier alpha value is -1.26. The summed E-state index contributed by atoms with van der Waals surface area (Å²) in [5.74, 6) is 1.44. The van der Waals surface area contributed by atoms with Gasteiger partial charge in [0.15, 0.2) is 0 Å². The molecule has 5 heteroatoms. The zero-order valence-corrected chi connectivity index (χ0v) is 13.8. The average Bonchev–Trinajstić information content (AvgIpc) is 2.71. The lowest BCUT2D eigenvalue weighted by molar-refractivity contribution is 0.0940. The van der Waals surface area contributed by atoms with Gasteiger partial charge in [-0.15, -0.1) is 0 Å². The molecule has 20 heavy (non-hydrogen) atoms. The summed E-state index contributed by atoms with van der Waals surface area (Å²) in [6.07, 6.45) is 0. The van der Waals surface area contributed by atoms with Crippen LogP contribution in [0.25, 0.3) is 0 Å². The molecule has 1 N–H and O–H groups in total. The van der Waals surface area contributed by atoms with E-state index in [-0.39, 0.29) is 11.9 Å². The molecule has 0 radical (unpaired) electrons. The molecule has 0 aliphatic carbocycles. The summed E-state index contributed by atoms with van der Waals surface area (Å²) >= 11 is 9.44. The maximum Gasteiger partial charge on any atom is 0.253 e. The van der Waals surface area contributed by atoms with E-state index < -0.39 is 0 Å². The molecular formula is C15H15BrClNO2. The molecule has 2 rings (SSSR count). The maximum atomic E-state index is 12.3. The Kier molecular flexibility index (Phi) is 4.55. The van der Waals surface area contributed by atoms with Crippen LogP contribution in [0.3, 0.4) is 0 Å². The van der Waals surface area contributed by atoms with Crippen LogP contribution in [-0.4, -0.2) is 5.91 Å². The molecule has 1 aromatic heterocycles. The lowest BCUT2D eigenvalue weighted by Crippen LogP contribution is -2.27. The second-order valence-corrected chi connectivity index (χ2v) is 5.90. The Balaban J connectivity index is 2.19. The van der Waals surface area contributed by atoms with Gasteiger partial charge >= 0.3 is 0 Å². The molecule has 0 saturated heterocycles. The third-order valence-corrected chi connectivity index (χ3v) is 4.39. The van der Waals surface area contributed by atoms with Crippen molar-refractivity contribution in [3.63, 3.8) is 0 Å². The Morgan fingerprint density at radius 2 is 2.10 bits per heavy atom. The molecule has 3 nitrogen and oxygen atoms in total. The van der Waals surface area contributed by atoms with Gasteiger partial charge < -0.3 is 9.73 Å². The van der Waals surface area contributed by atoms with E-state index >= 15 is 0 Å². The van der Waals surface area contributed by atoms with Gasteiger partial charge in [-0.1, -0.05) is 17.7 Å². The van der Waals surface area contributed by atoms with E-state index in [2.05, 4.69) is 21.2 Å². The molecule has 2 aromatic rings. The number of benzene rings is 1.